The van der Waals surface area contributed by atoms with Crippen LogP contribution in [0.15, 0.2) is 53.1 Å². The van der Waals surface area contributed by atoms with Crippen molar-refractivity contribution in [1.29, 1.82) is 5.26 Å². The molecule has 0 N–H and O–H groups in total. The highest BCUT2D eigenvalue weighted by Gasteiger charge is 2.35. The van der Waals surface area contributed by atoms with Crippen molar-refractivity contribution in [2.24, 2.45) is 5.92 Å². The van der Waals surface area contributed by atoms with E-state index in [1.165, 1.54) is 0 Å². The lowest BCUT2D eigenvalue weighted by molar-refractivity contribution is -0.141. The molecule has 2 aliphatic heterocycles. The Kier molecular flexibility index (Phi) is 7.30. The molecular formula is C28H28N2O6. The molecule has 0 spiro atoms. The lowest BCUT2D eigenvalue weighted by atomic mass is 9.93. The zero-order chi connectivity index (χ0) is 25.8. The average Bonchev–Trinajstić information content (AvgIpc) is 3.33. The van der Waals surface area contributed by atoms with E-state index >= 15 is 0 Å². The van der Waals surface area contributed by atoms with Gasteiger partial charge in [0, 0.05) is 5.57 Å². The van der Waals surface area contributed by atoms with Crippen LogP contribution in [0.3, 0.4) is 0 Å². The summed E-state index contributed by atoms with van der Waals surface area (Å²) in [5.41, 5.74) is 1.90. The molecule has 2 aromatic rings. The molecule has 0 radical (unpaired) electrons. The molecule has 0 saturated carbocycles. The number of fused-ring (bicyclic) bond motifs is 1. The minimum atomic E-state index is -0.624. The van der Waals surface area contributed by atoms with Gasteiger partial charge in [-0.1, -0.05) is 26.0 Å². The third-order valence-corrected chi connectivity index (χ3v) is 6.05. The summed E-state index contributed by atoms with van der Waals surface area (Å²) in [6.45, 7) is 6.55. The van der Waals surface area contributed by atoms with Crippen LogP contribution >= 0.6 is 0 Å². The number of amides is 2. The van der Waals surface area contributed by atoms with Gasteiger partial charge in [0.25, 0.3) is 11.8 Å². The number of nitriles is 1. The van der Waals surface area contributed by atoms with Crippen LogP contribution in [0.25, 0.3) is 6.08 Å². The van der Waals surface area contributed by atoms with Crippen LogP contribution < -0.4 is 18.9 Å². The van der Waals surface area contributed by atoms with Crippen LogP contribution in [0, 0.1) is 17.2 Å². The van der Waals surface area contributed by atoms with Gasteiger partial charge in [0.2, 0.25) is 6.79 Å². The van der Waals surface area contributed by atoms with Crippen molar-refractivity contribution in [3.8, 4) is 29.1 Å². The van der Waals surface area contributed by atoms with Crippen LogP contribution in [0.2, 0.25) is 0 Å². The third-order valence-electron chi connectivity index (χ3n) is 6.05. The number of hydrogen-bond donors (Lipinski definition) is 0. The summed E-state index contributed by atoms with van der Waals surface area (Å²) in [4.78, 5) is 27.5. The normalized spacial score (nSPS) is 16.1. The number of nitrogens with zero attached hydrogens (tertiary/aromatic N) is 2. The van der Waals surface area contributed by atoms with Gasteiger partial charge in [0.1, 0.15) is 11.6 Å². The monoisotopic (exact) mass is 488 g/mol. The highest BCUT2D eigenvalue weighted by molar-refractivity contribution is 6.19. The summed E-state index contributed by atoms with van der Waals surface area (Å²) in [6.07, 6.45) is 2.58. The van der Waals surface area contributed by atoms with Crippen LogP contribution in [-0.4, -0.2) is 37.2 Å². The number of methoxy groups -OCH3 is 1. The van der Waals surface area contributed by atoms with Crippen LogP contribution in [0.1, 0.15) is 38.3 Å². The second-order valence-electron chi connectivity index (χ2n) is 9.00. The van der Waals surface area contributed by atoms with Gasteiger partial charge >= 0.3 is 0 Å². The molecule has 8 heteroatoms. The quantitative estimate of drug-likeness (QED) is 0.394. The van der Waals surface area contributed by atoms with Gasteiger partial charge in [0.05, 0.1) is 20.3 Å². The first-order valence-electron chi connectivity index (χ1n) is 11.7. The molecule has 2 aromatic carbocycles. The topological polar surface area (TPSA) is 98.1 Å². The summed E-state index contributed by atoms with van der Waals surface area (Å²) in [7, 11) is 1.55. The standard InChI is InChI=1S/C28H28N2O6/c1-17(2)9-10-34-23-7-5-19(12-25(23)33-4)11-21-18(3)22(14-29)28(32)30(27(21)31)15-20-6-8-24-26(13-20)36-16-35-24/h5-8,11-13,17H,9-10,15-16H2,1-4H3/b21-11+. The molecule has 8 nitrogen and oxygen atoms in total. The average molecular weight is 489 g/mol. The minimum absolute atomic E-state index is 0.00391. The Labute approximate surface area is 210 Å². The molecular weight excluding hydrogens is 460 g/mol. The Morgan fingerprint density at radius 3 is 2.58 bits per heavy atom. The predicted molar refractivity (Wildman–Crippen MR) is 132 cm³/mol. The molecule has 0 saturated heterocycles. The fourth-order valence-corrected chi connectivity index (χ4v) is 3.96. The number of hydrogen-bond acceptors (Lipinski definition) is 7. The maximum Gasteiger partial charge on any atom is 0.271 e. The van der Waals surface area contributed by atoms with Crippen molar-refractivity contribution in [1.82, 2.24) is 4.90 Å². The zero-order valence-corrected chi connectivity index (χ0v) is 20.8. The summed E-state index contributed by atoms with van der Waals surface area (Å²) in [5.74, 6) is 1.72. The zero-order valence-electron chi connectivity index (χ0n) is 20.8. The van der Waals surface area contributed by atoms with E-state index in [2.05, 4.69) is 13.8 Å². The maximum atomic E-state index is 13.5. The first-order chi connectivity index (χ1) is 17.3. The fraction of sp³-hybridized carbons (Fsp3) is 0.321. The Bertz CT molecular complexity index is 1300. The summed E-state index contributed by atoms with van der Waals surface area (Å²) in [5, 5.41) is 9.69. The van der Waals surface area contributed by atoms with Gasteiger partial charge in [-0.2, -0.15) is 5.26 Å². The van der Waals surface area contributed by atoms with Gasteiger partial charge in [-0.25, -0.2) is 0 Å². The van der Waals surface area contributed by atoms with Gasteiger partial charge in [-0.15, -0.1) is 0 Å². The summed E-state index contributed by atoms with van der Waals surface area (Å²) in [6, 6.07) is 12.6. The molecule has 0 fully saturated rings. The Morgan fingerprint density at radius 2 is 1.86 bits per heavy atom. The molecule has 0 aromatic heterocycles. The van der Waals surface area contributed by atoms with Crippen LogP contribution in [-0.2, 0) is 16.1 Å². The SMILES string of the molecule is COc1cc(/C=C2/C(=O)N(Cc3ccc4c(c3)OCO4)C(=O)C(C#N)=C2C)ccc1OCCC(C)C. The summed E-state index contributed by atoms with van der Waals surface area (Å²) < 4.78 is 22.1. The lowest BCUT2D eigenvalue weighted by Crippen LogP contribution is -2.42. The fourth-order valence-electron chi connectivity index (χ4n) is 3.96. The predicted octanol–water partition coefficient (Wildman–Crippen LogP) is 4.64. The van der Waals surface area contributed by atoms with Gasteiger partial charge in [-0.05, 0) is 66.3 Å². The Morgan fingerprint density at radius 1 is 1.08 bits per heavy atom. The number of carbonyl (C=O) groups is 2. The number of benzene rings is 2. The summed E-state index contributed by atoms with van der Waals surface area (Å²) >= 11 is 0. The van der Waals surface area contributed by atoms with Gasteiger partial charge < -0.3 is 18.9 Å². The molecule has 186 valence electrons. The van der Waals surface area contributed by atoms with Crippen molar-refractivity contribution in [2.75, 3.05) is 20.5 Å². The van der Waals surface area contributed by atoms with E-state index in [1.54, 1.807) is 50.4 Å². The minimum Gasteiger partial charge on any atom is -0.493 e. The van der Waals surface area contributed by atoms with Gasteiger partial charge in [-0.3, -0.25) is 14.5 Å². The molecule has 0 aliphatic carbocycles. The highest BCUT2D eigenvalue weighted by atomic mass is 16.7. The van der Waals surface area contributed by atoms with Crippen molar-refractivity contribution >= 4 is 17.9 Å². The molecule has 4 rings (SSSR count). The first kappa shape index (κ1) is 24.9. The van der Waals surface area contributed by atoms with Crippen molar-refractivity contribution in [3.63, 3.8) is 0 Å². The van der Waals surface area contributed by atoms with Crippen molar-refractivity contribution < 1.29 is 28.5 Å². The second-order valence-corrected chi connectivity index (χ2v) is 9.00. The second kappa shape index (κ2) is 10.6. The Balaban J connectivity index is 1.64. The lowest BCUT2D eigenvalue weighted by Gasteiger charge is -2.27. The van der Waals surface area contributed by atoms with Crippen LogP contribution in [0.4, 0.5) is 0 Å². The molecule has 0 unspecified atom stereocenters. The first-order valence-corrected chi connectivity index (χ1v) is 11.7. The van der Waals surface area contributed by atoms with E-state index in [0.717, 1.165) is 11.3 Å². The van der Waals surface area contributed by atoms with E-state index in [0.29, 0.717) is 52.2 Å². The maximum absolute atomic E-state index is 13.5. The van der Waals surface area contributed by atoms with Crippen molar-refractivity contribution in [2.45, 2.75) is 33.7 Å². The molecule has 2 amide bonds. The van der Waals surface area contributed by atoms with E-state index in [9.17, 15) is 14.9 Å². The van der Waals surface area contributed by atoms with E-state index in [1.807, 2.05) is 12.1 Å². The third kappa shape index (κ3) is 5.05. The number of carbonyl (C=O) groups excluding carboxylic acids is 2. The van der Waals surface area contributed by atoms with Crippen molar-refractivity contribution in [3.05, 3.63) is 64.2 Å². The highest BCUT2D eigenvalue weighted by Crippen LogP contribution is 2.35. The van der Waals surface area contributed by atoms with Crippen LogP contribution in [0.5, 0.6) is 23.0 Å². The number of rotatable bonds is 8. The number of imide groups is 1. The molecule has 36 heavy (non-hydrogen) atoms. The number of ether oxygens (including phenoxy) is 4. The van der Waals surface area contributed by atoms with E-state index in [4.69, 9.17) is 18.9 Å². The molecule has 0 atom stereocenters. The Hall–Kier alpha value is -4.25. The smallest absolute Gasteiger partial charge is 0.271 e. The molecule has 0 bridgehead atoms. The van der Waals surface area contributed by atoms with Gasteiger partial charge in [0.15, 0.2) is 23.0 Å². The molecule has 2 aliphatic rings. The largest absolute Gasteiger partial charge is 0.493 e. The molecule has 2 heterocycles. The van der Waals surface area contributed by atoms with E-state index in [-0.39, 0.29) is 24.5 Å². The van der Waals surface area contributed by atoms with E-state index < -0.39 is 11.8 Å².